The number of rotatable bonds is 7. The van der Waals surface area contributed by atoms with Crippen LogP contribution in [0.2, 0.25) is 0 Å². The fraction of sp³-hybridized carbons (Fsp3) is 0.455. The van der Waals surface area contributed by atoms with Crippen LogP contribution < -0.4 is 14.8 Å². The number of hydrogen-bond donors (Lipinski definition) is 2. The van der Waals surface area contributed by atoms with E-state index >= 15 is 0 Å². The molecule has 0 aromatic heterocycles. The first-order valence-electron chi connectivity index (χ1n) is 9.32. The Labute approximate surface area is 156 Å². The molecule has 0 amide bonds. The molecule has 0 spiro atoms. The summed E-state index contributed by atoms with van der Waals surface area (Å²) in [4.78, 5) is 0. The van der Waals surface area contributed by atoms with Gasteiger partial charge in [-0.1, -0.05) is 18.2 Å². The van der Waals surface area contributed by atoms with E-state index in [0.29, 0.717) is 6.04 Å². The first-order valence-corrected chi connectivity index (χ1v) is 9.32. The maximum atomic E-state index is 10.8. The highest BCUT2D eigenvalue weighted by atomic mass is 16.5. The third kappa shape index (κ3) is 4.37. The van der Waals surface area contributed by atoms with Crippen molar-refractivity contribution >= 4 is 0 Å². The molecule has 140 valence electrons. The van der Waals surface area contributed by atoms with E-state index < -0.39 is 6.10 Å². The van der Waals surface area contributed by atoms with Gasteiger partial charge in [-0.15, -0.1) is 0 Å². The van der Waals surface area contributed by atoms with Crippen LogP contribution in [0.3, 0.4) is 0 Å². The van der Waals surface area contributed by atoms with E-state index in [2.05, 4.69) is 17.4 Å². The summed E-state index contributed by atoms with van der Waals surface area (Å²) in [5.74, 6) is 1.75. The lowest BCUT2D eigenvalue weighted by Gasteiger charge is -2.21. The summed E-state index contributed by atoms with van der Waals surface area (Å²) in [5.41, 5.74) is 3.33. The van der Waals surface area contributed by atoms with Crippen molar-refractivity contribution in [2.24, 2.45) is 0 Å². The number of benzene rings is 2. The second-order valence-corrected chi connectivity index (χ2v) is 7.11. The summed E-state index contributed by atoms with van der Waals surface area (Å²) in [7, 11) is 3.36. The van der Waals surface area contributed by atoms with Crippen molar-refractivity contribution in [3.05, 3.63) is 59.2 Å². The fourth-order valence-electron chi connectivity index (χ4n) is 3.78. The lowest BCUT2D eigenvalue weighted by atomic mass is 9.99. The average Bonchev–Trinajstić information content (AvgIpc) is 3.15. The molecule has 2 N–H and O–H groups in total. The first-order chi connectivity index (χ1) is 12.6. The zero-order valence-electron chi connectivity index (χ0n) is 15.9. The molecule has 0 bridgehead atoms. The van der Waals surface area contributed by atoms with Crippen molar-refractivity contribution in [1.29, 1.82) is 0 Å². The normalized spacial score (nSPS) is 20.8. The molecule has 3 atom stereocenters. The molecule has 1 heterocycles. The number of hydrogen-bond acceptors (Lipinski definition) is 4. The SMILES string of the molecule is COc1ccc(CCC2CCC(C(O)c3ccc(OC)c(C)c3)N2)cc1. The minimum atomic E-state index is -0.481. The lowest BCUT2D eigenvalue weighted by Crippen LogP contribution is -2.34. The van der Waals surface area contributed by atoms with E-state index in [4.69, 9.17) is 9.47 Å². The highest BCUT2D eigenvalue weighted by molar-refractivity contribution is 5.37. The molecule has 1 aliphatic heterocycles. The molecule has 2 aromatic rings. The minimum Gasteiger partial charge on any atom is -0.497 e. The van der Waals surface area contributed by atoms with Gasteiger partial charge in [-0.2, -0.15) is 0 Å². The van der Waals surface area contributed by atoms with Crippen molar-refractivity contribution in [2.75, 3.05) is 14.2 Å². The summed E-state index contributed by atoms with van der Waals surface area (Å²) in [6.07, 6.45) is 3.74. The number of ether oxygens (including phenoxy) is 2. The molecule has 0 saturated carbocycles. The van der Waals surface area contributed by atoms with E-state index in [1.807, 2.05) is 37.3 Å². The van der Waals surface area contributed by atoms with Crippen molar-refractivity contribution in [1.82, 2.24) is 5.32 Å². The van der Waals surface area contributed by atoms with Gasteiger partial charge in [0.25, 0.3) is 0 Å². The monoisotopic (exact) mass is 355 g/mol. The van der Waals surface area contributed by atoms with E-state index in [9.17, 15) is 5.11 Å². The Morgan fingerprint density at radius 1 is 1.08 bits per heavy atom. The topological polar surface area (TPSA) is 50.7 Å². The van der Waals surface area contributed by atoms with Gasteiger partial charge in [0, 0.05) is 12.1 Å². The number of aliphatic hydroxyl groups is 1. The Kier molecular flexibility index (Phi) is 6.17. The molecule has 2 aromatic carbocycles. The Morgan fingerprint density at radius 2 is 1.85 bits per heavy atom. The lowest BCUT2D eigenvalue weighted by molar-refractivity contribution is 0.134. The highest BCUT2D eigenvalue weighted by Crippen LogP contribution is 2.29. The molecule has 3 rings (SSSR count). The van der Waals surface area contributed by atoms with Crippen LogP contribution >= 0.6 is 0 Å². The number of nitrogens with one attached hydrogen (secondary N) is 1. The molecular weight excluding hydrogens is 326 g/mol. The maximum Gasteiger partial charge on any atom is 0.121 e. The van der Waals surface area contributed by atoms with Gasteiger partial charge < -0.3 is 19.9 Å². The third-order valence-electron chi connectivity index (χ3n) is 5.36. The summed E-state index contributed by atoms with van der Waals surface area (Å²) in [6.45, 7) is 2.01. The molecule has 1 aliphatic rings. The number of aliphatic hydroxyl groups excluding tert-OH is 1. The van der Waals surface area contributed by atoms with Crippen LogP contribution in [0.5, 0.6) is 11.5 Å². The average molecular weight is 355 g/mol. The first kappa shape index (κ1) is 18.7. The van der Waals surface area contributed by atoms with Crippen LogP contribution in [-0.4, -0.2) is 31.4 Å². The van der Waals surface area contributed by atoms with Gasteiger partial charge in [0.15, 0.2) is 0 Å². The van der Waals surface area contributed by atoms with E-state index in [0.717, 1.165) is 48.3 Å². The van der Waals surface area contributed by atoms with Crippen molar-refractivity contribution in [3.63, 3.8) is 0 Å². The quantitative estimate of drug-likeness (QED) is 0.793. The summed E-state index contributed by atoms with van der Waals surface area (Å²) >= 11 is 0. The van der Waals surface area contributed by atoms with Crippen LogP contribution in [0.15, 0.2) is 42.5 Å². The minimum absolute atomic E-state index is 0.115. The highest BCUT2D eigenvalue weighted by Gasteiger charge is 2.29. The molecule has 4 heteroatoms. The summed E-state index contributed by atoms with van der Waals surface area (Å²) in [6, 6.07) is 14.8. The molecule has 26 heavy (non-hydrogen) atoms. The Hall–Kier alpha value is -2.04. The fourth-order valence-corrected chi connectivity index (χ4v) is 3.78. The molecule has 3 unspecified atom stereocenters. The zero-order valence-corrected chi connectivity index (χ0v) is 15.9. The van der Waals surface area contributed by atoms with Gasteiger partial charge in [0.05, 0.1) is 20.3 Å². The Morgan fingerprint density at radius 3 is 2.50 bits per heavy atom. The molecule has 1 saturated heterocycles. The Bertz CT molecular complexity index is 714. The van der Waals surface area contributed by atoms with Gasteiger partial charge in [0.1, 0.15) is 11.5 Å². The largest absolute Gasteiger partial charge is 0.497 e. The van der Waals surface area contributed by atoms with Gasteiger partial charge in [-0.25, -0.2) is 0 Å². The van der Waals surface area contributed by atoms with E-state index in [1.54, 1.807) is 14.2 Å². The molecule has 0 radical (unpaired) electrons. The van der Waals surface area contributed by atoms with Crippen molar-refractivity contribution in [2.45, 2.75) is 50.8 Å². The van der Waals surface area contributed by atoms with Crippen molar-refractivity contribution < 1.29 is 14.6 Å². The Balaban J connectivity index is 1.53. The van der Waals surface area contributed by atoms with Gasteiger partial charge in [-0.3, -0.25) is 0 Å². The van der Waals surface area contributed by atoms with Crippen LogP contribution in [0.25, 0.3) is 0 Å². The van der Waals surface area contributed by atoms with Crippen LogP contribution in [0.4, 0.5) is 0 Å². The third-order valence-corrected chi connectivity index (χ3v) is 5.36. The van der Waals surface area contributed by atoms with Crippen LogP contribution in [0.1, 0.15) is 42.1 Å². The van der Waals surface area contributed by atoms with Gasteiger partial charge in [-0.05, 0) is 73.6 Å². The molecule has 1 fully saturated rings. The zero-order chi connectivity index (χ0) is 18.5. The number of aryl methyl sites for hydroxylation is 2. The summed E-state index contributed by atoms with van der Waals surface area (Å²) < 4.78 is 10.5. The standard InChI is InChI=1S/C22H29NO3/c1-15-14-17(7-13-21(15)26-3)22(24)20-12-9-18(23-20)8-4-16-5-10-19(25-2)11-6-16/h5-7,10-11,13-14,18,20,22-24H,4,8-9,12H2,1-3H3. The van der Waals surface area contributed by atoms with Crippen molar-refractivity contribution in [3.8, 4) is 11.5 Å². The molecular formula is C22H29NO3. The number of methoxy groups -OCH3 is 2. The smallest absolute Gasteiger partial charge is 0.121 e. The second-order valence-electron chi connectivity index (χ2n) is 7.11. The van der Waals surface area contributed by atoms with Gasteiger partial charge >= 0.3 is 0 Å². The van der Waals surface area contributed by atoms with E-state index in [1.165, 1.54) is 5.56 Å². The summed E-state index contributed by atoms with van der Waals surface area (Å²) in [5, 5.41) is 14.4. The molecule has 0 aliphatic carbocycles. The van der Waals surface area contributed by atoms with Crippen LogP contribution in [0, 0.1) is 6.92 Å². The van der Waals surface area contributed by atoms with E-state index in [-0.39, 0.29) is 6.04 Å². The van der Waals surface area contributed by atoms with Gasteiger partial charge in [0.2, 0.25) is 0 Å². The van der Waals surface area contributed by atoms with Crippen LogP contribution in [-0.2, 0) is 6.42 Å². The molecule has 4 nitrogen and oxygen atoms in total. The second kappa shape index (κ2) is 8.56. The predicted molar refractivity (Wildman–Crippen MR) is 104 cm³/mol. The maximum absolute atomic E-state index is 10.8. The predicted octanol–water partition coefficient (Wildman–Crippen LogP) is 3.80.